The SMILES string of the molecule is C[Si](C)(C)CCOC(=O)C[C@@H](Cc1ccccc1)NC(=O)[C@@H]1Cc2c([nH]c3ccccc23)[C@H]2C[C@H](NC(=O)OCc3ccccc3)C(=O)N21. The van der Waals surface area contributed by atoms with Crippen LogP contribution in [0.15, 0.2) is 84.9 Å². The molecule has 1 fully saturated rings. The first-order valence-electron chi connectivity index (χ1n) is 16.9. The van der Waals surface area contributed by atoms with Crippen molar-refractivity contribution in [1.82, 2.24) is 20.5 Å². The van der Waals surface area contributed by atoms with Crippen molar-refractivity contribution in [2.24, 2.45) is 0 Å². The largest absolute Gasteiger partial charge is 0.466 e. The lowest BCUT2D eigenvalue weighted by Gasteiger charge is -2.37. The molecule has 0 saturated carbocycles. The third-order valence-electron chi connectivity index (χ3n) is 9.27. The first-order chi connectivity index (χ1) is 23.6. The Morgan fingerprint density at radius 3 is 2.31 bits per heavy atom. The lowest BCUT2D eigenvalue weighted by atomic mass is 9.91. The van der Waals surface area contributed by atoms with E-state index in [4.69, 9.17) is 9.47 Å². The molecule has 1 saturated heterocycles. The maximum atomic E-state index is 14.3. The number of nitrogens with one attached hydrogen (secondary N) is 3. The minimum Gasteiger partial charge on any atom is -0.466 e. The monoisotopic (exact) mass is 680 g/mol. The maximum absolute atomic E-state index is 14.3. The second-order valence-corrected chi connectivity index (χ2v) is 19.8. The number of amides is 3. The van der Waals surface area contributed by atoms with Crippen LogP contribution in [0.2, 0.25) is 25.7 Å². The number of carbonyl (C=O) groups is 4. The van der Waals surface area contributed by atoms with Crippen molar-refractivity contribution >= 4 is 42.9 Å². The topological polar surface area (TPSA) is 130 Å². The van der Waals surface area contributed by atoms with Gasteiger partial charge < -0.3 is 30.0 Å². The summed E-state index contributed by atoms with van der Waals surface area (Å²) < 4.78 is 11.0. The average Bonchev–Trinajstić information content (AvgIpc) is 3.61. The molecule has 0 aliphatic carbocycles. The zero-order valence-electron chi connectivity index (χ0n) is 28.2. The van der Waals surface area contributed by atoms with E-state index in [2.05, 4.69) is 35.3 Å². The van der Waals surface area contributed by atoms with Crippen molar-refractivity contribution in [2.45, 2.75) is 82.1 Å². The minimum absolute atomic E-state index is 0.00615. The fourth-order valence-corrected chi connectivity index (χ4v) is 7.48. The van der Waals surface area contributed by atoms with Crippen molar-refractivity contribution < 1.29 is 28.7 Å². The second kappa shape index (κ2) is 14.7. The summed E-state index contributed by atoms with van der Waals surface area (Å²) in [4.78, 5) is 59.3. The van der Waals surface area contributed by atoms with Gasteiger partial charge in [-0.2, -0.15) is 0 Å². The van der Waals surface area contributed by atoms with Gasteiger partial charge in [0.25, 0.3) is 0 Å². The zero-order valence-corrected chi connectivity index (χ0v) is 29.2. The van der Waals surface area contributed by atoms with Crippen LogP contribution in [0.5, 0.6) is 0 Å². The quantitative estimate of drug-likeness (QED) is 0.131. The molecule has 256 valence electrons. The van der Waals surface area contributed by atoms with Crippen molar-refractivity contribution in [3.8, 4) is 0 Å². The van der Waals surface area contributed by atoms with Gasteiger partial charge >= 0.3 is 12.1 Å². The van der Waals surface area contributed by atoms with Crippen LogP contribution in [0.25, 0.3) is 10.9 Å². The van der Waals surface area contributed by atoms with Gasteiger partial charge in [0.15, 0.2) is 0 Å². The van der Waals surface area contributed by atoms with Crippen LogP contribution >= 0.6 is 0 Å². The van der Waals surface area contributed by atoms with Crippen molar-refractivity contribution in [3.05, 3.63) is 107 Å². The summed E-state index contributed by atoms with van der Waals surface area (Å²) in [7, 11) is -1.39. The summed E-state index contributed by atoms with van der Waals surface area (Å²) in [5, 5.41) is 6.87. The molecule has 2 aliphatic heterocycles. The molecule has 4 aromatic rings. The number of esters is 1. The number of carbonyl (C=O) groups excluding carboxylic acids is 4. The summed E-state index contributed by atoms with van der Waals surface area (Å²) in [6.45, 7) is 7.11. The fraction of sp³-hybridized carbons (Fsp3) is 0.368. The van der Waals surface area contributed by atoms with Gasteiger partial charge in [-0.1, -0.05) is 98.5 Å². The number of hydrogen-bond acceptors (Lipinski definition) is 6. The van der Waals surface area contributed by atoms with Crippen LogP contribution in [0.4, 0.5) is 4.79 Å². The molecule has 0 spiro atoms. The molecule has 1 aromatic heterocycles. The number of fused-ring (bicyclic) bond motifs is 5. The van der Waals surface area contributed by atoms with Crippen LogP contribution in [0.3, 0.4) is 0 Å². The molecule has 11 heteroatoms. The highest BCUT2D eigenvalue weighted by Gasteiger charge is 2.51. The molecule has 3 N–H and O–H groups in total. The number of hydrogen-bond donors (Lipinski definition) is 3. The number of aromatic nitrogens is 1. The van der Waals surface area contributed by atoms with E-state index in [-0.39, 0.29) is 43.7 Å². The smallest absolute Gasteiger partial charge is 0.408 e. The van der Waals surface area contributed by atoms with E-state index in [0.717, 1.165) is 39.3 Å². The van der Waals surface area contributed by atoms with E-state index in [1.807, 2.05) is 84.9 Å². The summed E-state index contributed by atoms with van der Waals surface area (Å²) in [5.74, 6) is -1.07. The van der Waals surface area contributed by atoms with E-state index in [9.17, 15) is 19.2 Å². The lowest BCUT2D eigenvalue weighted by Crippen LogP contribution is -2.55. The highest BCUT2D eigenvalue weighted by molar-refractivity contribution is 6.76. The Labute approximate surface area is 287 Å². The Kier molecular flexibility index (Phi) is 10.2. The average molecular weight is 681 g/mol. The molecule has 0 bridgehead atoms. The molecule has 6 rings (SSSR count). The van der Waals surface area contributed by atoms with E-state index in [0.29, 0.717) is 13.0 Å². The molecule has 4 atom stereocenters. The molecule has 2 aliphatic rings. The molecular weight excluding hydrogens is 637 g/mol. The van der Waals surface area contributed by atoms with E-state index < -0.39 is 38.3 Å². The number of ether oxygens (including phenoxy) is 2. The predicted molar refractivity (Wildman–Crippen MR) is 189 cm³/mol. The first-order valence-corrected chi connectivity index (χ1v) is 20.7. The van der Waals surface area contributed by atoms with E-state index in [1.165, 1.54) is 0 Å². The zero-order chi connectivity index (χ0) is 34.5. The van der Waals surface area contributed by atoms with Crippen molar-refractivity contribution in [3.63, 3.8) is 0 Å². The fourth-order valence-electron chi connectivity index (χ4n) is 6.76. The number of alkyl carbamates (subject to hydrolysis) is 1. The second-order valence-electron chi connectivity index (χ2n) is 14.2. The Morgan fingerprint density at radius 1 is 0.918 bits per heavy atom. The molecule has 49 heavy (non-hydrogen) atoms. The number of para-hydroxylation sites is 1. The van der Waals surface area contributed by atoms with Gasteiger partial charge in [0, 0.05) is 43.6 Å². The van der Waals surface area contributed by atoms with Gasteiger partial charge in [-0.25, -0.2) is 4.79 Å². The van der Waals surface area contributed by atoms with E-state index >= 15 is 0 Å². The Morgan fingerprint density at radius 2 is 1.59 bits per heavy atom. The van der Waals surface area contributed by atoms with Gasteiger partial charge in [-0.05, 0) is 35.2 Å². The Balaban J connectivity index is 1.22. The number of rotatable bonds is 12. The standard InChI is InChI=1S/C38H44N4O6Si/c1-49(2,3)19-18-47-34(43)21-27(20-25-12-6-4-7-13-25)39-36(44)33-22-29-28-16-10-11-17-30(28)40-35(29)32-23-31(37(45)42(32)33)41-38(46)48-24-26-14-8-5-9-15-26/h4-17,27,31-33,40H,18-24H2,1-3H3,(H,39,44)(H,41,46)/t27-,31+,32-,33+/m1/s1. The highest BCUT2D eigenvalue weighted by atomic mass is 28.3. The van der Waals surface area contributed by atoms with Crippen LogP contribution in [-0.4, -0.2) is 66.6 Å². The Hall–Kier alpha value is -4.90. The third kappa shape index (κ3) is 8.22. The van der Waals surface area contributed by atoms with Gasteiger partial charge in [0.05, 0.1) is 19.1 Å². The molecule has 10 nitrogen and oxygen atoms in total. The third-order valence-corrected chi connectivity index (χ3v) is 11.0. The normalized spacial score (nSPS) is 19.1. The molecule has 0 unspecified atom stereocenters. The molecular formula is C38H44N4O6Si. The van der Waals surface area contributed by atoms with Gasteiger partial charge in [0.2, 0.25) is 11.8 Å². The lowest BCUT2D eigenvalue weighted by molar-refractivity contribution is -0.145. The number of nitrogens with zero attached hydrogens (tertiary/aromatic N) is 1. The summed E-state index contributed by atoms with van der Waals surface area (Å²) in [6, 6.07) is 25.0. The molecule has 0 radical (unpaired) electrons. The number of H-pyrrole nitrogens is 1. The first kappa shape index (κ1) is 34.0. The van der Waals surface area contributed by atoms with Crippen LogP contribution < -0.4 is 10.6 Å². The molecule has 3 heterocycles. The predicted octanol–water partition coefficient (Wildman–Crippen LogP) is 5.66. The highest BCUT2D eigenvalue weighted by Crippen LogP contribution is 2.43. The minimum atomic E-state index is -1.39. The van der Waals surface area contributed by atoms with Crippen molar-refractivity contribution in [2.75, 3.05) is 6.61 Å². The van der Waals surface area contributed by atoms with Crippen LogP contribution in [-0.2, 0) is 43.3 Å². The van der Waals surface area contributed by atoms with Gasteiger partial charge in [-0.15, -0.1) is 0 Å². The Bertz CT molecular complexity index is 1810. The number of aromatic amines is 1. The van der Waals surface area contributed by atoms with Gasteiger partial charge in [-0.3, -0.25) is 14.4 Å². The van der Waals surface area contributed by atoms with E-state index in [1.54, 1.807) is 4.90 Å². The summed E-state index contributed by atoms with van der Waals surface area (Å²) >= 11 is 0. The summed E-state index contributed by atoms with van der Waals surface area (Å²) in [6.07, 6.45) is 0.300. The van der Waals surface area contributed by atoms with Crippen molar-refractivity contribution in [1.29, 1.82) is 0 Å². The number of benzene rings is 3. The van der Waals surface area contributed by atoms with Crippen LogP contribution in [0, 0.1) is 0 Å². The van der Waals surface area contributed by atoms with Crippen LogP contribution in [0.1, 0.15) is 41.3 Å². The molecule has 3 aromatic carbocycles. The van der Waals surface area contributed by atoms with Gasteiger partial charge in [0.1, 0.15) is 18.7 Å². The summed E-state index contributed by atoms with van der Waals surface area (Å²) in [5.41, 5.74) is 4.56. The molecule has 3 amide bonds. The maximum Gasteiger partial charge on any atom is 0.408 e.